The van der Waals surface area contributed by atoms with Crippen molar-refractivity contribution in [2.45, 2.75) is 19.3 Å². The number of hydrogen-bond acceptors (Lipinski definition) is 3. The zero-order chi connectivity index (χ0) is 8.10. The summed E-state index contributed by atoms with van der Waals surface area (Å²) in [6, 6.07) is 0. The molecule has 0 saturated carbocycles. The number of likely N-dealkylation sites (tertiary alicyclic amines) is 1. The van der Waals surface area contributed by atoms with Crippen LogP contribution in [0, 0.1) is 0 Å². The lowest BCUT2D eigenvalue weighted by Crippen LogP contribution is -2.37. The van der Waals surface area contributed by atoms with Crippen LogP contribution in [0.1, 0.15) is 19.3 Å². The summed E-state index contributed by atoms with van der Waals surface area (Å²) >= 11 is 0. The van der Waals surface area contributed by atoms with E-state index in [1.807, 2.05) is 0 Å². The molecule has 0 unspecified atom stereocenters. The second-order valence-corrected chi connectivity index (χ2v) is 2.89. The molecule has 64 valence electrons. The first-order chi connectivity index (χ1) is 5.33. The molecule has 1 fully saturated rings. The molecule has 0 spiro atoms. The van der Waals surface area contributed by atoms with E-state index < -0.39 is 0 Å². The molecule has 0 aromatic rings. The monoisotopic (exact) mass is 157 g/mol. The molecule has 1 saturated heterocycles. The van der Waals surface area contributed by atoms with E-state index in [0.29, 0.717) is 12.3 Å². The van der Waals surface area contributed by atoms with Gasteiger partial charge in [0, 0.05) is 6.42 Å². The van der Waals surface area contributed by atoms with Crippen LogP contribution in [-0.4, -0.2) is 35.6 Å². The molecule has 4 heteroatoms. The molecule has 4 nitrogen and oxygen atoms in total. The van der Waals surface area contributed by atoms with Gasteiger partial charge in [0.15, 0.2) is 0 Å². The second-order valence-electron chi connectivity index (χ2n) is 2.89. The first kappa shape index (κ1) is 8.33. The lowest BCUT2D eigenvalue weighted by molar-refractivity contribution is 0.180. The van der Waals surface area contributed by atoms with E-state index in [2.05, 4.69) is 10.1 Å². The van der Waals surface area contributed by atoms with E-state index in [1.165, 1.54) is 19.5 Å². The van der Waals surface area contributed by atoms with Crippen LogP contribution >= 0.6 is 0 Å². The van der Waals surface area contributed by atoms with Crippen LogP contribution in [-0.2, 0) is 0 Å². The first-order valence-corrected chi connectivity index (χ1v) is 4.01. The van der Waals surface area contributed by atoms with Crippen molar-refractivity contribution >= 4 is 5.84 Å². The lowest BCUT2D eigenvalue weighted by Gasteiger charge is -2.30. The van der Waals surface area contributed by atoms with Gasteiger partial charge in [0.05, 0.1) is 0 Å². The van der Waals surface area contributed by atoms with Gasteiger partial charge < -0.3 is 15.8 Å². The van der Waals surface area contributed by atoms with Crippen molar-refractivity contribution in [2.75, 3.05) is 19.6 Å². The summed E-state index contributed by atoms with van der Waals surface area (Å²) in [4.78, 5) is 2.37. The Kier molecular flexibility index (Phi) is 3.16. The van der Waals surface area contributed by atoms with Gasteiger partial charge in [-0.1, -0.05) is 5.16 Å². The smallest absolute Gasteiger partial charge is 0.139 e. The molecule has 0 radical (unpaired) electrons. The SMILES string of the molecule is N/C(CCCN1CCC1)=N\O. The Morgan fingerprint density at radius 1 is 1.55 bits per heavy atom. The summed E-state index contributed by atoms with van der Waals surface area (Å²) in [6.07, 6.45) is 3.02. The maximum absolute atomic E-state index is 8.22. The number of oxime groups is 1. The van der Waals surface area contributed by atoms with Gasteiger partial charge in [-0.05, 0) is 32.5 Å². The van der Waals surface area contributed by atoms with Gasteiger partial charge in [0.25, 0.3) is 0 Å². The van der Waals surface area contributed by atoms with Crippen LogP contribution in [0.2, 0.25) is 0 Å². The molecule has 0 amide bonds. The van der Waals surface area contributed by atoms with Crippen LogP contribution in [0.3, 0.4) is 0 Å². The normalized spacial score (nSPS) is 19.8. The Hall–Kier alpha value is -0.770. The largest absolute Gasteiger partial charge is 0.409 e. The lowest BCUT2D eigenvalue weighted by atomic mass is 10.2. The van der Waals surface area contributed by atoms with Crippen molar-refractivity contribution in [3.05, 3.63) is 0 Å². The zero-order valence-electron chi connectivity index (χ0n) is 6.66. The van der Waals surface area contributed by atoms with Gasteiger partial charge >= 0.3 is 0 Å². The molecular formula is C7H15N3O. The molecule has 0 aliphatic carbocycles. The predicted octanol–water partition coefficient (Wildman–Crippen LogP) is 0.219. The highest BCUT2D eigenvalue weighted by atomic mass is 16.4. The van der Waals surface area contributed by atoms with Gasteiger partial charge in [-0.3, -0.25) is 0 Å². The minimum atomic E-state index is 0.338. The summed E-state index contributed by atoms with van der Waals surface area (Å²) in [5.41, 5.74) is 5.30. The summed E-state index contributed by atoms with van der Waals surface area (Å²) in [6.45, 7) is 3.52. The summed E-state index contributed by atoms with van der Waals surface area (Å²) in [7, 11) is 0. The number of amidine groups is 1. The quantitative estimate of drug-likeness (QED) is 0.265. The van der Waals surface area contributed by atoms with Crippen molar-refractivity contribution in [1.82, 2.24) is 4.90 Å². The molecule has 1 rings (SSSR count). The van der Waals surface area contributed by atoms with Gasteiger partial charge in [0.1, 0.15) is 5.84 Å². The highest BCUT2D eigenvalue weighted by molar-refractivity contribution is 5.79. The fourth-order valence-electron chi connectivity index (χ4n) is 1.14. The van der Waals surface area contributed by atoms with Crippen molar-refractivity contribution in [1.29, 1.82) is 0 Å². The molecule has 11 heavy (non-hydrogen) atoms. The Balaban J connectivity index is 1.95. The Morgan fingerprint density at radius 3 is 2.73 bits per heavy atom. The topological polar surface area (TPSA) is 61.8 Å². The van der Waals surface area contributed by atoms with Gasteiger partial charge in [0.2, 0.25) is 0 Å². The van der Waals surface area contributed by atoms with Crippen molar-refractivity contribution in [2.24, 2.45) is 10.9 Å². The molecule has 0 aromatic heterocycles. The van der Waals surface area contributed by atoms with E-state index >= 15 is 0 Å². The third kappa shape index (κ3) is 2.76. The van der Waals surface area contributed by atoms with Gasteiger partial charge in [-0.2, -0.15) is 0 Å². The number of hydrogen-bond donors (Lipinski definition) is 2. The third-order valence-electron chi connectivity index (χ3n) is 1.98. The maximum atomic E-state index is 8.22. The minimum absolute atomic E-state index is 0.338. The maximum Gasteiger partial charge on any atom is 0.139 e. The van der Waals surface area contributed by atoms with Crippen LogP contribution in [0.5, 0.6) is 0 Å². The molecule has 0 aromatic carbocycles. The highest BCUT2D eigenvalue weighted by Gasteiger charge is 2.12. The Labute approximate surface area is 66.7 Å². The Bertz CT molecular complexity index is 143. The fraction of sp³-hybridized carbons (Fsp3) is 0.857. The van der Waals surface area contributed by atoms with E-state index in [-0.39, 0.29) is 0 Å². The molecule has 1 aliphatic heterocycles. The number of nitrogens with two attached hydrogens (primary N) is 1. The third-order valence-corrected chi connectivity index (χ3v) is 1.98. The van der Waals surface area contributed by atoms with Crippen LogP contribution in [0.25, 0.3) is 0 Å². The molecule has 3 N–H and O–H groups in total. The first-order valence-electron chi connectivity index (χ1n) is 4.01. The average molecular weight is 157 g/mol. The van der Waals surface area contributed by atoms with Gasteiger partial charge in [-0.15, -0.1) is 0 Å². The van der Waals surface area contributed by atoms with Gasteiger partial charge in [-0.25, -0.2) is 0 Å². The standard InChI is InChI=1S/C7H15N3O/c8-7(9-11)3-1-4-10-5-2-6-10/h11H,1-6H2,(H2,8,9). The fourth-order valence-corrected chi connectivity index (χ4v) is 1.14. The molecule has 1 heterocycles. The number of nitrogens with zero attached hydrogens (tertiary/aromatic N) is 2. The van der Waals surface area contributed by atoms with Crippen LogP contribution in [0.4, 0.5) is 0 Å². The predicted molar refractivity (Wildman–Crippen MR) is 43.7 cm³/mol. The second kappa shape index (κ2) is 4.18. The van der Waals surface area contributed by atoms with Crippen LogP contribution in [0.15, 0.2) is 5.16 Å². The van der Waals surface area contributed by atoms with Crippen molar-refractivity contribution in [3.63, 3.8) is 0 Å². The molecule has 1 aliphatic rings. The summed E-state index contributed by atoms with van der Waals surface area (Å²) in [5.74, 6) is 0.338. The minimum Gasteiger partial charge on any atom is -0.409 e. The average Bonchev–Trinajstić information content (AvgIpc) is 1.94. The molecule has 0 bridgehead atoms. The Morgan fingerprint density at radius 2 is 2.27 bits per heavy atom. The van der Waals surface area contributed by atoms with E-state index in [4.69, 9.17) is 10.9 Å². The van der Waals surface area contributed by atoms with E-state index in [0.717, 1.165) is 13.0 Å². The van der Waals surface area contributed by atoms with E-state index in [9.17, 15) is 0 Å². The summed E-state index contributed by atoms with van der Waals surface area (Å²) < 4.78 is 0. The number of rotatable bonds is 4. The molecule has 0 atom stereocenters. The van der Waals surface area contributed by atoms with Crippen molar-refractivity contribution in [3.8, 4) is 0 Å². The molecular weight excluding hydrogens is 142 g/mol. The summed E-state index contributed by atoms with van der Waals surface area (Å²) in [5, 5.41) is 11.1. The zero-order valence-corrected chi connectivity index (χ0v) is 6.66. The van der Waals surface area contributed by atoms with E-state index in [1.54, 1.807) is 0 Å². The van der Waals surface area contributed by atoms with Crippen molar-refractivity contribution < 1.29 is 5.21 Å². The van der Waals surface area contributed by atoms with Crippen LogP contribution < -0.4 is 5.73 Å². The highest BCUT2D eigenvalue weighted by Crippen LogP contribution is 2.06.